The summed E-state index contributed by atoms with van der Waals surface area (Å²) in [4.78, 5) is 35.6. The van der Waals surface area contributed by atoms with E-state index in [-0.39, 0.29) is 12.3 Å². The minimum Gasteiger partial charge on any atom is -0.324 e. The summed E-state index contributed by atoms with van der Waals surface area (Å²) in [5.41, 5.74) is 3.19. The zero-order chi connectivity index (χ0) is 21.8. The molecule has 0 aliphatic rings. The van der Waals surface area contributed by atoms with Crippen molar-refractivity contribution in [3.05, 3.63) is 83.1 Å². The van der Waals surface area contributed by atoms with Crippen molar-refractivity contribution in [2.75, 3.05) is 12.3 Å². The summed E-state index contributed by atoms with van der Waals surface area (Å²) >= 11 is 0. The molecule has 0 aliphatic heterocycles. The van der Waals surface area contributed by atoms with Crippen LogP contribution in [0, 0.1) is 0 Å². The summed E-state index contributed by atoms with van der Waals surface area (Å²) in [5, 5.41) is 0. The largest absolute Gasteiger partial charge is 0.329 e. The first-order valence-corrected chi connectivity index (χ1v) is 12.2. The van der Waals surface area contributed by atoms with E-state index in [4.69, 9.17) is 19.6 Å². The molecule has 28 heavy (non-hydrogen) atoms. The fourth-order valence-electron chi connectivity index (χ4n) is 2.01. The standard InChI is InChI=1S/C20H30O6P2/c1-17(11-7-13-19(3)15-27(21,22)23)9-5-6-10-18(2)12-8-14-20(4)16-28(24,25)26/h5-14H,15-16H2,1-4H3,(H2,21,22,23)(H2,24,25,26). The van der Waals surface area contributed by atoms with Crippen molar-refractivity contribution in [2.45, 2.75) is 27.7 Å². The highest BCUT2D eigenvalue weighted by molar-refractivity contribution is 7.52. The Bertz CT molecular complexity index is 746. The third-order valence-corrected chi connectivity index (χ3v) is 5.04. The quantitative estimate of drug-likeness (QED) is 0.294. The average Bonchev–Trinajstić information content (AvgIpc) is 2.48. The van der Waals surface area contributed by atoms with Gasteiger partial charge in [0.15, 0.2) is 0 Å². The minimum absolute atomic E-state index is 0.244. The molecule has 8 heteroatoms. The maximum atomic E-state index is 10.9. The van der Waals surface area contributed by atoms with E-state index in [1.807, 2.05) is 50.3 Å². The predicted molar refractivity (Wildman–Crippen MR) is 116 cm³/mol. The topological polar surface area (TPSA) is 115 Å². The van der Waals surface area contributed by atoms with Gasteiger partial charge in [0, 0.05) is 0 Å². The van der Waals surface area contributed by atoms with Gasteiger partial charge in [0.05, 0.1) is 12.3 Å². The molecule has 156 valence electrons. The molecular formula is C20H30O6P2. The maximum Gasteiger partial charge on any atom is 0.329 e. The molecule has 0 fully saturated rings. The molecule has 0 aliphatic carbocycles. The van der Waals surface area contributed by atoms with Crippen LogP contribution in [-0.4, -0.2) is 31.9 Å². The van der Waals surface area contributed by atoms with Gasteiger partial charge in [0.25, 0.3) is 0 Å². The Labute approximate surface area is 167 Å². The predicted octanol–water partition coefficient (Wildman–Crippen LogP) is 4.80. The van der Waals surface area contributed by atoms with E-state index in [0.29, 0.717) is 11.1 Å². The van der Waals surface area contributed by atoms with Crippen LogP contribution < -0.4 is 0 Å². The molecule has 0 radical (unpaired) electrons. The molecule has 0 saturated carbocycles. The van der Waals surface area contributed by atoms with E-state index < -0.39 is 15.2 Å². The Morgan fingerprint density at radius 2 is 0.929 bits per heavy atom. The molecule has 0 rings (SSSR count). The summed E-state index contributed by atoms with van der Waals surface area (Å²) in [5.74, 6) is 0. The second-order valence-corrected chi connectivity index (χ2v) is 9.89. The lowest BCUT2D eigenvalue weighted by Gasteiger charge is -2.02. The first-order chi connectivity index (χ1) is 12.8. The first kappa shape index (κ1) is 26.5. The van der Waals surface area contributed by atoms with Crippen LogP contribution in [-0.2, 0) is 9.13 Å². The van der Waals surface area contributed by atoms with E-state index >= 15 is 0 Å². The number of allylic oxidation sites excluding steroid dienone is 14. The van der Waals surface area contributed by atoms with Crippen molar-refractivity contribution in [3.63, 3.8) is 0 Å². The molecule has 4 N–H and O–H groups in total. The van der Waals surface area contributed by atoms with Crippen molar-refractivity contribution in [1.82, 2.24) is 0 Å². The summed E-state index contributed by atoms with van der Waals surface area (Å²) in [6, 6.07) is 0. The molecule has 0 spiro atoms. The van der Waals surface area contributed by atoms with Gasteiger partial charge in [-0.2, -0.15) is 0 Å². The fourth-order valence-corrected chi connectivity index (χ4v) is 3.52. The molecule has 0 saturated heterocycles. The van der Waals surface area contributed by atoms with Gasteiger partial charge in [0.2, 0.25) is 0 Å². The van der Waals surface area contributed by atoms with E-state index in [0.717, 1.165) is 11.1 Å². The third-order valence-electron chi connectivity index (χ3n) is 3.22. The fraction of sp³-hybridized carbons (Fsp3) is 0.300. The molecule has 0 amide bonds. The lowest BCUT2D eigenvalue weighted by Crippen LogP contribution is -1.88. The molecular weight excluding hydrogens is 398 g/mol. The second-order valence-electron chi connectivity index (χ2n) is 6.60. The van der Waals surface area contributed by atoms with Crippen LogP contribution in [0.2, 0.25) is 0 Å². The zero-order valence-electron chi connectivity index (χ0n) is 16.7. The highest BCUT2D eigenvalue weighted by Crippen LogP contribution is 2.37. The summed E-state index contributed by atoms with van der Waals surface area (Å²) in [6.45, 7) is 7.18. The molecule has 0 atom stereocenters. The van der Waals surface area contributed by atoms with Crippen LogP contribution in [0.4, 0.5) is 0 Å². The van der Waals surface area contributed by atoms with Gasteiger partial charge in [0.1, 0.15) is 0 Å². The molecule has 6 nitrogen and oxygen atoms in total. The van der Waals surface area contributed by atoms with E-state index in [9.17, 15) is 9.13 Å². The normalized spacial score (nSPS) is 16.1. The monoisotopic (exact) mass is 428 g/mol. The Balaban J connectivity index is 4.67. The Hall–Kier alpha value is -1.52. The molecule has 0 aromatic heterocycles. The highest BCUT2D eigenvalue weighted by Gasteiger charge is 2.12. The van der Waals surface area contributed by atoms with Gasteiger partial charge in [-0.15, -0.1) is 0 Å². The van der Waals surface area contributed by atoms with E-state index in [1.165, 1.54) is 0 Å². The molecule has 0 heterocycles. The van der Waals surface area contributed by atoms with Crippen molar-refractivity contribution in [3.8, 4) is 0 Å². The summed E-state index contributed by atoms with van der Waals surface area (Å²) in [6.07, 6.45) is 17.6. The maximum absolute atomic E-state index is 10.9. The van der Waals surface area contributed by atoms with E-state index in [2.05, 4.69) is 0 Å². The summed E-state index contributed by atoms with van der Waals surface area (Å²) < 4.78 is 21.8. The van der Waals surface area contributed by atoms with Crippen molar-refractivity contribution in [1.29, 1.82) is 0 Å². The van der Waals surface area contributed by atoms with Crippen molar-refractivity contribution < 1.29 is 28.7 Å². The van der Waals surface area contributed by atoms with E-state index in [1.54, 1.807) is 38.2 Å². The molecule has 0 unspecified atom stereocenters. The number of hydrogen-bond acceptors (Lipinski definition) is 2. The third kappa shape index (κ3) is 17.9. The van der Waals surface area contributed by atoms with Crippen molar-refractivity contribution in [2.24, 2.45) is 0 Å². The van der Waals surface area contributed by atoms with Crippen LogP contribution in [0.1, 0.15) is 27.7 Å². The van der Waals surface area contributed by atoms with Crippen LogP contribution >= 0.6 is 15.2 Å². The summed E-state index contributed by atoms with van der Waals surface area (Å²) in [7, 11) is -8.04. The molecule has 0 bridgehead atoms. The first-order valence-electron chi connectivity index (χ1n) is 8.57. The van der Waals surface area contributed by atoms with Crippen LogP contribution in [0.25, 0.3) is 0 Å². The Morgan fingerprint density at radius 1 is 0.607 bits per heavy atom. The Kier molecular flexibility index (Phi) is 12.1. The van der Waals surface area contributed by atoms with Gasteiger partial charge in [-0.1, -0.05) is 83.1 Å². The zero-order valence-corrected chi connectivity index (χ0v) is 18.5. The minimum atomic E-state index is -4.02. The van der Waals surface area contributed by atoms with Crippen molar-refractivity contribution >= 4 is 15.2 Å². The smallest absolute Gasteiger partial charge is 0.324 e. The number of rotatable bonds is 10. The lowest BCUT2D eigenvalue weighted by atomic mass is 10.2. The van der Waals surface area contributed by atoms with Gasteiger partial charge < -0.3 is 19.6 Å². The van der Waals surface area contributed by atoms with Crippen LogP contribution in [0.5, 0.6) is 0 Å². The van der Waals surface area contributed by atoms with Gasteiger partial charge >= 0.3 is 15.2 Å². The Morgan fingerprint density at radius 3 is 1.21 bits per heavy atom. The molecule has 0 aromatic carbocycles. The SMILES string of the molecule is CC(C=CC=C(C)CP(=O)(O)O)=CC=CC=C(C)C=CC=C(C)CP(=O)(O)O. The lowest BCUT2D eigenvalue weighted by molar-refractivity contribution is 0.374. The van der Waals surface area contributed by atoms with Gasteiger partial charge in [-0.3, -0.25) is 9.13 Å². The van der Waals surface area contributed by atoms with Gasteiger partial charge in [-0.05, 0) is 27.7 Å². The average molecular weight is 428 g/mol. The van der Waals surface area contributed by atoms with Crippen LogP contribution in [0.15, 0.2) is 83.1 Å². The number of hydrogen-bond donors (Lipinski definition) is 4. The molecule has 0 aromatic rings. The van der Waals surface area contributed by atoms with Gasteiger partial charge in [-0.25, -0.2) is 0 Å². The highest BCUT2D eigenvalue weighted by atomic mass is 31.2. The van der Waals surface area contributed by atoms with Crippen LogP contribution in [0.3, 0.4) is 0 Å². The second kappa shape index (κ2) is 12.8.